The van der Waals surface area contributed by atoms with E-state index in [1.165, 1.54) is 0 Å². The molecule has 0 aliphatic carbocycles. The molecule has 0 spiro atoms. The number of likely N-dealkylation sites (tertiary alicyclic amines) is 1. The monoisotopic (exact) mass is 285 g/mol. The molecule has 0 aromatic heterocycles. The fourth-order valence-electron chi connectivity index (χ4n) is 2.64. The lowest BCUT2D eigenvalue weighted by molar-refractivity contribution is -0.152. The van der Waals surface area contributed by atoms with Crippen molar-refractivity contribution in [2.24, 2.45) is 11.3 Å². The van der Waals surface area contributed by atoms with E-state index in [4.69, 9.17) is 4.74 Å². The van der Waals surface area contributed by atoms with Crippen LogP contribution in [0.25, 0.3) is 0 Å². The van der Waals surface area contributed by atoms with Gasteiger partial charge in [0.15, 0.2) is 0 Å². The smallest absolute Gasteiger partial charge is 0.410 e. The first kappa shape index (κ1) is 16.8. The van der Waals surface area contributed by atoms with Crippen molar-refractivity contribution < 1.29 is 19.4 Å². The maximum Gasteiger partial charge on any atom is 0.410 e. The molecule has 1 aliphatic heterocycles. The third kappa shape index (κ3) is 3.87. The molecule has 1 atom stereocenters. The van der Waals surface area contributed by atoms with Gasteiger partial charge >= 0.3 is 12.1 Å². The zero-order valence-corrected chi connectivity index (χ0v) is 13.2. The molecule has 0 radical (unpaired) electrons. The molecule has 1 rings (SSSR count). The van der Waals surface area contributed by atoms with Gasteiger partial charge in [-0.2, -0.15) is 0 Å². The summed E-state index contributed by atoms with van der Waals surface area (Å²) in [7, 11) is 0. The number of hydrogen-bond acceptors (Lipinski definition) is 3. The van der Waals surface area contributed by atoms with Gasteiger partial charge < -0.3 is 14.7 Å². The van der Waals surface area contributed by atoms with Crippen molar-refractivity contribution in [1.82, 2.24) is 4.90 Å². The minimum Gasteiger partial charge on any atom is -0.481 e. The van der Waals surface area contributed by atoms with Gasteiger partial charge in [-0.25, -0.2) is 4.79 Å². The molecule has 1 N–H and O–H groups in total. The van der Waals surface area contributed by atoms with Crippen molar-refractivity contribution in [1.29, 1.82) is 0 Å². The maximum absolute atomic E-state index is 12.0. The van der Waals surface area contributed by atoms with Gasteiger partial charge in [0.2, 0.25) is 0 Å². The second-order valence-corrected chi connectivity index (χ2v) is 6.82. The summed E-state index contributed by atoms with van der Waals surface area (Å²) >= 11 is 0. The van der Waals surface area contributed by atoms with E-state index in [0.717, 1.165) is 12.8 Å². The van der Waals surface area contributed by atoms with Crippen molar-refractivity contribution in [3.63, 3.8) is 0 Å². The average Bonchev–Trinajstić information content (AvgIpc) is 2.35. The van der Waals surface area contributed by atoms with Gasteiger partial charge in [0.05, 0.1) is 5.41 Å². The number of carbonyl (C=O) groups excluding carboxylic acids is 1. The summed E-state index contributed by atoms with van der Waals surface area (Å²) in [6, 6.07) is 0. The van der Waals surface area contributed by atoms with Gasteiger partial charge in [0.25, 0.3) is 0 Å². The molecular formula is C15H27NO4. The number of rotatable bonds is 3. The third-order valence-electron chi connectivity index (χ3n) is 4.27. The Balaban J connectivity index is 2.60. The van der Waals surface area contributed by atoms with Crippen LogP contribution in [0, 0.1) is 11.3 Å². The summed E-state index contributed by atoms with van der Waals surface area (Å²) in [6.07, 6.45) is 1.75. The Morgan fingerprint density at radius 2 is 1.70 bits per heavy atom. The molecule has 5 nitrogen and oxygen atoms in total. The normalized spacial score (nSPS) is 20.4. The van der Waals surface area contributed by atoms with Crippen LogP contribution < -0.4 is 0 Å². The Morgan fingerprint density at radius 3 is 2.05 bits per heavy atom. The van der Waals surface area contributed by atoms with E-state index in [2.05, 4.69) is 0 Å². The SMILES string of the molecule is CCC(C)(C(=O)O)C1CCN(C(=O)OC(C)(C)C)CC1. The number of piperidine rings is 1. The number of ether oxygens (including phenoxy) is 1. The lowest BCUT2D eigenvalue weighted by Crippen LogP contribution is -2.46. The van der Waals surface area contributed by atoms with E-state index in [0.29, 0.717) is 19.5 Å². The molecule has 0 aromatic rings. The molecule has 1 fully saturated rings. The number of carboxylic acids is 1. The van der Waals surface area contributed by atoms with E-state index >= 15 is 0 Å². The van der Waals surface area contributed by atoms with Crippen LogP contribution in [-0.2, 0) is 9.53 Å². The molecule has 1 amide bonds. The summed E-state index contributed by atoms with van der Waals surface area (Å²) < 4.78 is 5.34. The average molecular weight is 285 g/mol. The Bertz CT molecular complexity index is 367. The molecule has 0 saturated carbocycles. The van der Waals surface area contributed by atoms with Crippen LogP contribution in [0.5, 0.6) is 0 Å². The maximum atomic E-state index is 12.0. The number of nitrogens with zero attached hydrogens (tertiary/aromatic N) is 1. The first-order chi connectivity index (χ1) is 9.10. The number of hydrogen-bond donors (Lipinski definition) is 1. The summed E-state index contributed by atoms with van der Waals surface area (Å²) in [6.45, 7) is 10.4. The van der Waals surface area contributed by atoms with Crippen LogP contribution in [0.15, 0.2) is 0 Å². The van der Waals surface area contributed by atoms with Crippen LogP contribution in [0.4, 0.5) is 4.79 Å². The highest BCUT2D eigenvalue weighted by molar-refractivity contribution is 5.74. The largest absolute Gasteiger partial charge is 0.481 e. The highest BCUT2D eigenvalue weighted by Gasteiger charge is 2.42. The zero-order chi connectivity index (χ0) is 15.6. The van der Waals surface area contributed by atoms with E-state index in [9.17, 15) is 14.7 Å². The third-order valence-corrected chi connectivity index (χ3v) is 4.27. The number of carboxylic acid groups (broad SMARTS) is 1. The van der Waals surface area contributed by atoms with Crippen molar-refractivity contribution in [3.05, 3.63) is 0 Å². The van der Waals surface area contributed by atoms with Gasteiger partial charge in [0, 0.05) is 13.1 Å². The van der Waals surface area contributed by atoms with Gasteiger partial charge in [0.1, 0.15) is 5.60 Å². The van der Waals surface area contributed by atoms with Crippen molar-refractivity contribution in [2.45, 2.75) is 59.5 Å². The van der Waals surface area contributed by atoms with Crippen molar-refractivity contribution >= 4 is 12.1 Å². The van der Waals surface area contributed by atoms with Crippen molar-refractivity contribution in [2.75, 3.05) is 13.1 Å². The lowest BCUT2D eigenvalue weighted by Gasteiger charge is -2.40. The predicted octanol–water partition coefficient (Wildman–Crippen LogP) is 3.13. The Kier molecular flexibility index (Phi) is 5.05. The molecule has 116 valence electrons. The molecular weight excluding hydrogens is 258 g/mol. The van der Waals surface area contributed by atoms with Crippen LogP contribution >= 0.6 is 0 Å². The van der Waals surface area contributed by atoms with Crippen LogP contribution in [0.3, 0.4) is 0 Å². The Labute approximate surface area is 121 Å². The number of amides is 1. The lowest BCUT2D eigenvalue weighted by atomic mass is 9.70. The summed E-state index contributed by atoms with van der Waals surface area (Å²) in [5.74, 6) is -0.626. The quantitative estimate of drug-likeness (QED) is 0.865. The predicted molar refractivity (Wildman–Crippen MR) is 76.6 cm³/mol. The minimum absolute atomic E-state index is 0.115. The molecule has 1 saturated heterocycles. The topological polar surface area (TPSA) is 66.8 Å². The fraction of sp³-hybridized carbons (Fsp3) is 0.867. The second kappa shape index (κ2) is 6.02. The first-order valence-electron chi connectivity index (χ1n) is 7.31. The van der Waals surface area contributed by atoms with Gasteiger partial charge in [-0.15, -0.1) is 0 Å². The summed E-state index contributed by atoms with van der Waals surface area (Å²) in [5, 5.41) is 9.41. The summed E-state index contributed by atoms with van der Waals surface area (Å²) in [5.41, 5.74) is -1.19. The molecule has 1 unspecified atom stereocenters. The van der Waals surface area contributed by atoms with E-state index in [1.54, 1.807) is 4.90 Å². The highest BCUT2D eigenvalue weighted by atomic mass is 16.6. The second-order valence-electron chi connectivity index (χ2n) is 6.82. The Morgan fingerprint density at radius 1 is 1.20 bits per heavy atom. The number of carbonyl (C=O) groups is 2. The van der Waals surface area contributed by atoms with Gasteiger partial charge in [-0.1, -0.05) is 6.92 Å². The van der Waals surface area contributed by atoms with Gasteiger partial charge in [-0.05, 0) is 52.9 Å². The van der Waals surface area contributed by atoms with E-state index in [-0.39, 0.29) is 12.0 Å². The fourth-order valence-corrected chi connectivity index (χ4v) is 2.64. The van der Waals surface area contributed by atoms with Crippen LogP contribution in [-0.4, -0.2) is 40.8 Å². The van der Waals surface area contributed by atoms with E-state index in [1.807, 2.05) is 34.6 Å². The number of aliphatic carboxylic acids is 1. The summed E-state index contributed by atoms with van der Waals surface area (Å²) in [4.78, 5) is 25.1. The minimum atomic E-state index is -0.740. The van der Waals surface area contributed by atoms with Gasteiger partial charge in [-0.3, -0.25) is 4.79 Å². The molecule has 20 heavy (non-hydrogen) atoms. The zero-order valence-electron chi connectivity index (χ0n) is 13.2. The highest BCUT2D eigenvalue weighted by Crippen LogP contribution is 2.38. The van der Waals surface area contributed by atoms with Crippen LogP contribution in [0.2, 0.25) is 0 Å². The molecule has 0 aromatic carbocycles. The van der Waals surface area contributed by atoms with E-state index < -0.39 is 17.0 Å². The molecule has 1 heterocycles. The van der Waals surface area contributed by atoms with Crippen LogP contribution in [0.1, 0.15) is 53.9 Å². The standard InChI is InChI=1S/C15H27NO4/c1-6-15(5,12(17)18)11-7-9-16(10-8-11)13(19)20-14(2,3)4/h11H,6-10H2,1-5H3,(H,17,18). The molecule has 0 bridgehead atoms. The van der Waals surface area contributed by atoms with Crippen molar-refractivity contribution in [3.8, 4) is 0 Å². The Hall–Kier alpha value is -1.26. The first-order valence-corrected chi connectivity index (χ1v) is 7.31. The molecule has 5 heteroatoms. The molecule has 1 aliphatic rings.